The van der Waals surface area contributed by atoms with E-state index in [0.717, 1.165) is 9.87 Å². The van der Waals surface area contributed by atoms with Crippen LogP contribution >= 0.6 is 23.2 Å². The third-order valence-electron chi connectivity index (χ3n) is 7.87. The lowest BCUT2D eigenvalue weighted by Crippen LogP contribution is -2.54. The van der Waals surface area contributed by atoms with E-state index < -0.39 is 28.5 Å². The Morgan fingerprint density at radius 1 is 0.812 bits per heavy atom. The predicted octanol–water partition coefficient (Wildman–Crippen LogP) is 6.76. The molecule has 12 heteroatoms. The molecule has 0 saturated carbocycles. The number of hydrogen-bond donors (Lipinski definition) is 1. The number of hydrogen-bond acceptors (Lipinski definition) is 6. The highest BCUT2D eigenvalue weighted by Crippen LogP contribution is 2.34. The van der Waals surface area contributed by atoms with Crippen molar-refractivity contribution in [2.24, 2.45) is 0 Å². The predicted molar refractivity (Wildman–Crippen MR) is 189 cm³/mol. The van der Waals surface area contributed by atoms with Crippen molar-refractivity contribution in [2.45, 2.75) is 50.2 Å². The Morgan fingerprint density at radius 2 is 1.46 bits per heavy atom. The molecule has 2 amide bonds. The van der Waals surface area contributed by atoms with Gasteiger partial charge < -0.3 is 19.7 Å². The maximum absolute atomic E-state index is 14.7. The summed E-state index contributed by atoms with van der Waals surface area (Å²) in [4.78, 5) is 30.0. The molecule has 0 aliphatic rings. The summed E-state index contributed by atoms with van der Waals surface area (Å²) in [7, 11) is -1.38. The van der Waals surface area contributed by atoms with Crippen LogP contribution < -0.4 is 19.1 Å². The molecule has 0 radical (unpaired) electrons. The van der Waals surface area contributed by atoms with Crippen LogP contribution in [0.1, 0.15) is 31.4 Å². The number of nitrogens with zero attached hydrogens (tertiary/aromatic N) is 2. The summed E-state index contributed by atoms with van der Waals surface area (Å²) < 4.78 is 40.3. The monoisotopic (exact) mass is 711 g/mol. The van der Waals surface area contributed by atoms with Crippen molar-refractivity contribution in [3.05, 3.63) is 118 Å². The highest BCUT2D eigenvalue weighted by molar-refractivity contribution is 7.92. The van der Waals surface area contributed by atoms with E-state index in [0.29, 0.717) is 22.8 Å². The second-order valence-corrected chi connectivity index (χ2v) is 13.8. The number of ether oxygens (including phenoxy) is 2. The van der Waals surface area contributed by atoms with Crippen LogP contribution in [0.5, 0.6) is 11.5 Å². The maximum Gasteiger partial charge on any atom is 0.264 e. The quantitative estimate of drug-likeness (QED) is 0.146. The molecule has 0 saturated heterocycles. The molecule has 2 atom stereocenters. The van der Waals surface area contributed by atoms with Gasteiger partial charge in [0.05, 0.1) is 34.8 Å². The third kappa shape index (κ3) is 9.00. The zero-order chi connectivity index (χ0) is 34.8. The van der Waals surface area contributed by atoms with Crippen molar-refractivity contribution in [1.82, 2.24) is 10.2 Å². The molecule has 4 aromatic rings. The lowest BCUT2D eigenvalue weighted by molar-refractivity contribution is -0.140. The van der Waals surface area contributed by atoms with E-state index >= 15 is 0 Å². The molecular formula is C36H39Cl2N3O6S. The van der Waals surface area contributed by atoms with Gasteiger partial charge in [-0.15, -0.1) is 0 Å². The van der Waals surface area contributed by atoms with Gasteiger partial charge in [0.2, 0.25) is 11.8 Å². The molecule has 0 fully saturated rings. The Morgan fingerprint density at radius 3 is 2.06 bits per heavy atom. The summed E-state index contributed by atoms with van der Waals surface area (Å²) in [6.45, 7) is 3.15. The fourth-order valence-electron chi connectivity index (χ4n) is 5.06. The number of halogens is 2. The van der Waals surface area contributed by atoms with E-state index in [1.807, 2.05) is 44.2 Å². The average Bonchev–Trinajstić information content (AvgIpc) is 3.10. The minimum atomic E-state index is -4.29. The first-order valence-electron chi connectivity index (χ1n) is 15.4. The van der Waals surface area contributed by atoms with Crippen molar-refractivity contribution in [1.29, 1.82) is 0 Å². The highest BCUT2D eigenvalue weighted by Gasteiger charge is 2.35. The van der Waals surface area contributed by atoms with Gasteiger partial charge in [0.15, 0.2) is 11.5 Å². The van der Waals surface area contributed by atoms with Gasteiger partial charge in [-0.05, 0) is 60.9 Å². The number of sulfonamides is 1. The van der Waals surface area contributed by atoms with Crippen LogP contribution in [0.15, 0.2) is 102 Å². The number of amides is 2. The van der Waals surface area contributed by atoms with E-state index in [2.05, 4.69) is 5.32 Å². The van der Waals surface area contributed by atoms with Gasteiger partial charge >= 0.3 is 0 Å². The zero-order valence-corrected chi connectivity index (χ0v) is 29.6. The second kappa shape index (κ2) is 16.7. The minimum absolute atomic E-state index is 0.0148. The van der Waals surface area contributed by atoms with E-state index in [4.69, 9.17) is 32.7 Å². The standard InChI is InChI=1S/C36H39Cl2N3O6S/c1-5-25(2)39-36(43)32(21-26-12-8-6-9-13-26)40(23-27-16-18-30(37)31(38)20-27)35(42)24-41(48(44,45)29-14-10-7-11-15-29)28-17-19-33(46-3)34(22-28)47-4/h6-20,22,25,32H,5,21,23-24H2,1-4H3,(H,39,43)/t25-,32+/m0/s1. The number of carbonyl (C=O) groups excluding carboxylic acids is 2. The van der Waals surface area contributed by atoms with E-state index in [1.54, 1.807) is 42.5 Å². The van der Waals surface area contributed by atoms with E-state index in [1.165, 1.54) is 43.4 Å². The molecule has 254 valence electrons. The topological polar surface area (TPSA) is 105 Å². The van der Waals surface area contributed by atoms with Gasteiger partial charge in [-0.25, -0.2) is 8.42 Å². The van der Waals surface area contributed by atoms with E-state index in [-0.39, 0.29) is 46.3 Å². The fourth-order valence-corrected chi connectivity index (χ4v) is 6.81. The van der Waals surface area contributed by atoms with Gasteiger partial charge in [-0.3, -0.25) is 13.9 Å². The number of methoxy groups -OCH3 is 2. The lowest BCUT2D eigenvalue weighted by atomic mass is 10.0. The number of anilines is 1. The molecule has 0 unspecified atom stereocenters. The number of benzene rings is 4. The average molecular weight is 713 g/mol. The molecule has 4 aromatic carbocycles. The van der Waals surface area contributed by atoms with Crippen LogP contribution in [0, 0.1) is 0 Å². The Bertz CT molecular complexity index is 1810. The first-order chi connectivity index (χ1) is 23.0. The normalized spacial score (nSPS) is 12.5. The molecule has 0 aliphatic carbocycles. The van der Waals surface area contributed by atoms with Crippen molar-refractivity contribution >= 4 is 50.7 Å². The van der Waals surface area contributed by atoms with Gasteiger partial charge in [0.1, 0.15) is 12.6 Å². The summed E-state index contributed by atoms with van der Waals surface area (Å²) >= 11 is 12.6. The summed E-state index contributed by atoms with van der Waals surface area (Å²) in [5.41, 5.74) is 1.60. The fraction of sp³-hybridized carbons (Fsp3) is 0.278. The van der Waals surface area contributed by atoms with Crippen molar-refractivity contribution in [2.75, 3.05) is 25.1 Å². The molecule has 0 spiro atoms. The first-order valence-corrected chi connectivity index (χ1v) is 17.6. The molecule has 9 nitrogen and oxygen atoms in total. The van der Waals surface area contributed by atoms with Crippen LogP contribution in [-0.4, -0.2) is 58.0 Å². The molecule has 48 heavy (non-hydrogen) atoms. The minimum Gasteiger partial charge on any atom is -0.493 e. The molecule has 0 aliphatic heterocycles. The van der Waals surface area contributed by atoms with Crippen molar-refractivity contribution in [3.8, 4) is 11.5 Å². The summed E-state index contributed by atoms with van der Waals surface area (Å²) in [5, 5.41) is 3.63. The summed E-state index contributed by atoms with van der Waals surface area (Å²) in [6.07, 6.45) is 0.852. The van der Waals surface area contributed by atoms with Crippen LogP contribution in [0.25, 0.3) is 0 Å². The van der Waals surface area contributed by atoms with Crippen molar-refractivity contribution in [3.63, 3.8) is 0 Å². The molecular weight excluding hydrogens is 673 g/mol. The molecule has 0 bridgehead atoms. The van der Waals surface area contributed by atoms with Crippen molar-refractivity contribution < 1.29 is 27.5 Å². The van der Waals surface area contributed by atoms with Gasteiger partial charge in [-0.1, -0.05) is 84.7 Å². The van der Waals surface area contributed by atoms with Crippen LogP contribution in [-0.2, 0) is 32.6 Å². The van der Waals surface area contributed by atoms with Crippen LogP contribution in [0.3, 0.4) is 0 Å². The Labute approximate surface area is 292 Å². The SMILES string of the molecule is CC[C@H](C)NC(=O)[C@@H](Cc1ccccc1)N(Cc1ccc(Cl)c(Cl)c1)C(=O)CN(c1ccc(OC)c(OC)c1)S(=O)(=O)c1ccccc1. The van der Waals surface area contributed by atoms with Gasteiger partial charge in [-0.2, -0.15) is 0 Å². The molecule has 0 heterocycles. The van der Waals surface area contributed by atoms with E-state index in [9.17, 15) is 18.0 Å². The Balaban J connectivity index is 1.85. The smallest absolute Gasteiger partial charge is 0.264 e. The summed E-state index contributed by atoms with van der Waals surface area (Å²) in [6, 6.07) is 25.5. The maximum atomic E-state index is 14.7. The number of rotatable bonds is 15. The summed E-state index contributed by atoms with van der Waals surface area (Å²) in [5.74, 6) is -0.324. The van der Waals surface area contributed by atoms with Gasteiger partial charge in [0.25, 0.3) is 10.0 Å². The molecule has 1 N–H and O–H groups in total. The Hall–Kier alpha value is -4.25. The first kappa shape index (κ1) is 36.6. The molecule has 0 aromatic heterocycles. The van der Waals surface area contributed by atoms with Gasteiger partial charge in [0, 0.05) is 25.1 Å². The van der Waals surface area contributed by atoms with Crippen LogP contribution in [0.2, 0.25) is 10.0 Å². The highest BCUT2D eigenvalue weighted by atomic mass is 35.5. The second-order valence-electron chi connectivity index (χ2n) is 11.2. The Kier molecular flexibility index (Phi) is 12.7. The van der Waals surface area contributed by atoms with Crippen LogP contribution in [0.4, 0.5) is 5.69 Å². The zero-order valence-electron chi connectivity index (χ0n) is 27.2. The third-order valence-corrected chi connectivity index (χ3v) is 10.4. The lowest BCUT2D eigenvalue weighted by Gasteiger charge is -2.34. The molecule has 4 rings (SSSR count). The number of nitrogens with one attached hydrogen (secondary N) is 1. The largest absolute Gasteiger partial charge is 0.493 e. The number of carbonyl (C=O) groups is 2.